The zero-order valence-corrected chi connectivity index (χ0v) is 11.1. The molecule has 1 aromatic rings. The van der Waals surface area contributed by atoms with Gasteiger partial charge in [-0.05, 0) is 43.7 Å². The van der Waals surface area contributed by atoms with Crippen molar-refractivity contribution in [3.05, 3.63) is 21.9 Å². The van der Waals surface area contributed by atoms with Gasteiger partial charge in [0, 0.05) is 10.8 Å². The molecule has 0 saturated carbocycles. The summed E-state index contributed by atoms with van der Waals surface area (Å²) in [6.45, 7) is 8.39. The number of aliphatic hydroxyl groups is 1. The molecule has 1 aromatic heterocycles. The van der Waals surface area contributed by atoms with E-state index in [4.69, 9.17) is 4.74 Å². The third-order valence-corrected chi connectivity index (χ3v) is 4.94. The fourth-order valence-electron chi connectivity index (χ4n) is 2.70. The molecule has 0 aromatic carbocycles. The van der Waals surface area contributed by atoms with Crippen LogP contribution in [0.25, 0.3) is 0 Å². The Balaban J connectivity index is 2.22. The first-order chi connectivity index (χ1) is 7.52. The van der Waals surface area contributed by atoms with E-state index >= 15 is 0 Å². The van der Waals surface area contributed by atoms with Crippen LogP contribution in [0.4, 0.5) is 0 Å². The molecule has 90 valence electrons. The Kier molecular flexibility index (Phi) is 3.38. The highest BCUT2D eigenvalue weighted by atomic mass is 32.1. The minimum atomic E-state index is -0.380. The van der Waals surface area contributed by atoms with Gasteiger partial charge in [-0.15, -0.1) is 11.3 Å². The van der Waals surface area contributed by atoms with E-state index < -0.39 is 0 Å². The lowest BCUT2D eigenvalue weighted by Gasteiger charge is -2.24. The molecule has 0 spiro atoms. The van der Waals surface area contributed by atoms with Gasteiger partial charge in [-0.1, -0.05) is 6.92 Å². The molecule has 1 fully saturated rings. The van der Waals surface area contributed by atoms with Crippen LogP contribution in [-0.4, -0.2) is 17.3 Å². The minimum Gasteiger partial charge on any atom is -0.387 e. The molecule has 0 bridgehead atoms. The van der Waals surface area contributed by atoms with Crippen LogP contribution in [0, 0.1) is 18.8 Å². The second kappa shape index (κ2) is 4.47. The maximum atomic E-state index is 10.5. The van der Waals surface area contributed by atoms with Crippen LogP contribution < -0.4 is 0 Å². The van der Waals surface area contributed by atoms with Crippen LogP contribution in [0.2, 0.25) is 0 Å². The molecule has 0 amide bonds. The highest BCUT2D eigenvalue weighted by Gasteiger charge is 2.42. The summed E-state index contributed by atoms with van der Waals surface area (Å²) in [7, 11) is 0. The first-order valence-electron chi connectivity index (χ1n) is 5.90. The van der Waals surface area contributed by atoms with Gasteiger partial charge in [0.25, 0.3) is 0 Å². The second-order valence-corrected chi connectivity index (χ2v) is 5.84. The molecule has 1 aliphatic heterocycles. The molecule has 3 heteroatoms. The SMILES string of the molecule is Cc1ccsc1C(O)C1C(C)OC(C)C1C. The number of hydrogen-bond acceptors (Lipinski definition) is 3. The quantitative estimate of drug-likeness (QED) is 0.860. The van der Waals surface area contributed by atoms with E-state index in [1.807, 2.05) is 5.38 Å². The Hall–Kier alpha value is -0.380. The van der Waals surface area contributed by atoms with Gasteiger partial charge >= 0.3 is 0 Å². The fraction of sp³-hybridized carbons (Fsp3) is 0.692. The largest absolute Gasteiger partial charge is 0.387 e. The van der Waals surface area contributed by atoms with Crippen LogP contribution >= 0.6 is 11.3 Å². The molecule has 1 N–H and O–H groups in total. The average Bonchev–Trinajstić information content (AvgIpc) is 2.73. The summed E-state index contributed by atoms with van der Waals surface area (Å²) in [5.41, 5.74) is 1.19. The standard InChI is InChI=1S/C13H20O2S/c1-7-5-6-16-13(7)12(14)11-8(2)9(3)15-10(11)4/h5-6,8-12,14H,1-4H3. The van der Waals surface area contributed by atoms with Gasteiger partial charge in [0.15, 0.2) is 0 Å². The van der Waals surface area contributed by atoms with Crippen molar-refractivity contribution in [1.82, 2.24) is 0 Å². The van der Waals surface area contributed by atoms with Crippen molar-refractivity contribution in [2.24, 2.45) is 11.8 Å². The Morgan fingerprint density at radius 3 is 2.44 bits per heavy atom. The Labute approximate surface area is 101 Å². The normalized spacial score (nSPS) is 36.6. The molecule has 2 heterocycles. The molecule has 1 aliphatic rings. The Morgan fingerprint density at radius 2 is 2.00 bits per heavy atom. The number of hydrogen-bond donors (Lipinski definition) is 1. The van der Waals surface area contributed by atoms with Crippen LogP contribution in [0.1, 0.15) is 37.3 Å². The topological polar surface area (TPSA) is 29.5 Å². The third kappa shape index (κ3) is 1.92. The first-order valence-corrected chi connectivity index (χ1v) is 6.78. The lowest BCUT2D eigenvalue weighted by Crippen LogP contribution is -2.24. The highest BCUT2D eigenvalue weighted by molar-refractivity contribution is 7.10. The number of aryl methyl sites for hydroxylation is 1. The Morgan fingerprint density at radius 1 is 1.31 bits per heavy atom. The summed E-state index contributed by atoms with van der Waals surface area (Å²) in [5, 5.41) is 12.5. The lowest BCUT2D eigenvalue weighted by molar-refractivity contribution is 0.0241. The summed E-state index contributed by atoms with van der Waals surface area (Å²) < 4.78 is 5.79. The van der Waals surface area contributed by atoms with Gasteiger partial charge in [0.05, 0.1) is 18.3 Å². The molecule has 5 unspecified atom stereocenters. The smallest absolute Gasteiger partial charge is 0.0940 e. The van der Waals surface area contributed by atoms with Gasteiger partial charge in [0.2, 0.25) is 0 Å². The number of ether oxygens (including phenoxy) is 1. The van der Waals surface area contributed by atoms with Crippen LogP contribution in [-0.2, 0) is 4.74 Å². The number of aliphatic hydroxyl groups excluding tert-OH is 1. The van der Waals surface area contributed by atoms with Crippen LogP contribution in [0.15, 0.2) is 11.4 Å². The number of rotatable bonds is 2. The molecule has 5 atom stereocenters. The van der Waals surface area contributed by atoms with E-state index in [1.165, 1.54) is 5.56 Å². The van der Waals surface area contributed by atoms with Crippen molar-refractivity contribution < 1.29 is 9.84 Å². The minimum absolute atomic E-state index is 0.140. The zero-order valence-electron chi connectivity index (χ0n) is 10.3. The summed E-state index contributed by atoms with van der Waals surface area (Å²) in [5.74, 6) is 0.624. The second-order valence-electron chi connectivity index (χ2n) is 4.90. The van der Waals surface area contributed by atoms with Crippen molar-refractivity contribution >= 4 is 11.3 Å². The Bertz CT molecular complexity index is 361. The molecular weight excluding hydrogens is 220 g/mol. The van der Waals surface area contributed by atoms with Gasteiger partial charge < -0.3 is 9.84 Å². The molecule has 2 rings (SSSR count). The van der Waals surface area contributed by atoms with E-state index in [1.54, 1.807) is 11.3 Å². The van der Waals surface area contributed by atoms with Gasteiger partial charge in [-0.3, -0.25) is 0 Å². The predicted molar refractivity (Wildman–Crippen MR) is 66.7 cm³/mol. The monoisotopic (exact) mass is 240 g/mol. The number of thiophene rings is 1. The summed E-state index contributed by atoms with van der Waals surface area (Å²) in [6.07, 6.45) is 0.00590. The van der Waals surface area contributed by atoms with Crippen LogP contribution in [0.5, 0.6) is 0 Å². The summed E-state index contributed by atoms with van der Waals surface area (Å²) in [4.78, 5) is 1.10. The molecule has 0 radical (unpaired) electrons. The van der Waals surface area contributed by atoms with Crippen molar-refractivity contribution in [1.29, 1.82) is 0 Å². The van der Waals surface area contributed by atoms with Crippen molar-refractivity contribution in [2.75, 3.05) is 0 Å². The van der Waals surface area contributed by atoms with Crippen LogP contribution in [0.3, 0.4) is 0 Å². The van der Waals surface area contributed by atoms with Gasteiger partial charge in [-0.25, -0.2) is 0 Å². The first kappa shape index (κ1) is 12.1. The van der Waals surface area contributed by atoms with E-state index in [-0.39, 0.29) is 24.2 Å². The van der Waals surface area contributed by atoms with Crippen molar-refractivity contribution in [3.63, 3.8) is 0 Å². The summed E-state index contributed by atoms with van der Waals surface area (Å²) in [6, 6.07) is 2.07. The van der Waals surface area contributed by atoms with Crippen molar-refractivity contribution in [2.45, 2.75) is 46.0 Å². The highest BCUT2D eigenvalue weighted by Crippen LogP contribution is 2.42. The average molecular weight is 240 g/mol. The lowest BCUT2D eigenvalue weighted by atomic mass is 9.84. The van der Waals surface area contributed by atoms with E-state index in [2.05, 4.69) is 33.8 Å². The van der Waals surface area contributed by atoms with Crippen molar-refractivity contribution in [3.8, 4) is 0 Å². The summed E-state index contributed by atoms with van der Waals surface area (Å²) >= 11 is 1.64. The maximum Gasteiger partial charge on any atom is 0.0940 e. The molecule has 0 aliphatic carbocycles. The molecule has 2 nitrogen and oxygen atoms in total. The predicted octanol–water partition coefficient (Wildman–Crippen LogP) is 3.15. The fourth-order valence-corrected chi connectivity index (χ4v) is 3.67. The molecule has 16 heavy (non-hydrogen) atoms. The maximum absolute atomic E-state index is 10.5. The third-order valence-electron chi connectivity index (χ3n) is 3.85. The van der Waals surface area contributed by atoms with E-state index in [0.29, 0.717) is 5.92 Å². The van der Waals surface area contributed by atoms with E-state index in [0.717, 1.165) is 4.88 Å². The molecular formula is C13H20O2S. The van der Waals surface area contributed by atoms with E-state index in [9.17, 15) is 5.11 Å². The van der Waals surface area contributed by atoms with Gasteiger partial charge in [-0.2, -0.15) is 0 Å². The van der Waals surface area contributed by atoms with Gasteiger partial charge in [0.1, 0.15) is 0 Å². The zero-order chi connectivity index (χ0) is 11.9. The molecule has 1 saturated heterocycles.